The van der Waals surface area contributed by atoms with Crippen molar-refractivity contribution >= 4 is 16.4 Å². The highest BCUT2D eigenvalue weighted by atomic mass is 32.3. The van der Waals surface area contributed by atoms with Gasteiger partial charge in [-0.25, -0.2) is 0 Å². The molecule has 114 valence electrons. The number of alkyl halides is 3. The molecule has 0 radical (unpaired) electrons. The Hall–Kier alpha value is -1.70. The Bertz CT molecular complexity index is 663. The molecule has 0 spiro atoms. The van der Waals surface area contributed by atoms with Crippen LogP contribution in [0, 0.1) is 0 Å². The first kappa shape index (κ1) is 15.7. The van der Waals surface area contributed by atoms with Gasteiger partial charge < -0.3 is 0 Å². The van der Waals surface area contributed by atoms with Crippen molar-refractivity contribution in [1.82, 2.24) is 0 Å². The number of halogens is 4. The second-order valence-electron chi connectivity index (χ2n) is 4.63. The minimum atomic E-state index is -4.68. The molecule has 21 heavy (non-hydrogen) atoms. The lowest BCUT2D eigenvalue weighted by Crippen LogP contribution is -2.22. The van der Waals surface area contributed by atoms with Crippen molar-refractivity contribution < 1.29 is 25.5 Å². The molecular weight excluding hydrogens is 310 g/mol. The Balaban J connectivity index is 2.31. The molecule has 0 aliphatic carbocycles. The van der Waals surface area contributed by atoms with E-state index in [-0.39, 0.29) is 6.42 Å². The van der Waals surface area contributed by atoms with Gasteiger partial charge in [-0.3, -0.25) is 4.99 Å². The van der Waals surface area contributed by atoms with E-state index in [0.717, 1.165) is 12.1 Å². The molecule has 1 atom stereocenters. The van der Waals surface area contributed by atoms with E-state index in [1.165, 1.54) is 18.3 Å². The van der Waals surface area contributed by atoms with E-state index in [1.54, 1.807) is 12.2 Å². The van der Waals surface area contributed by atoms with Crippen LogP contribution in [0.4, 0.5) is 17.1 Å². The van der Waals surface area contributed by atoms with Crippen LogP contribution < -0.4 is 0 Å². The van der Waals surface area contributed by atoms with Crippen molar-refractivity contribution in [3.63, 3.8) is 0 Å². The van der Waals surface area contributed by atoms with Crippen molar-refractivity contribution in [1.29, 1.82) is 0 Å². The van der Waals surface area contributed by atoms with Crippen LogP contribution in [0.3, 0.4) is 0 Å². The third-order valence-electron chi connectivity index (χ3n) is 3.20. The fourth-order valence-corrected chi connectivity index (χ4v) is 2.66. The van der Waals surface area contributed by atoms with Gasteiger partial charge in [0.2, 0.25) is 0 Å². The summed E-state index contributed by atoms with van der Waals surface area (Å²) in [5.74, 6) is -0.754. The summed E-state index contributed by atoms with van der Waals surface area (Å²) in [6, 6.07) is 4.23. The van der Waals surface area contributed by atoms with Crippen molar-refractivity contribution in [2.45, 2.75) is 18.1 Å². The van der Waals surface area contributed by atoms with Gasteiger partial charge in [-0.2, -0.15) is 21.6 Å². The van der Waals surface area contributed by atoms with E-state index >= 15 is 0 Å². The summed E-state index contributed by atoms with van der Waals surface area (Å²) in [6.45, 7) is 0. The number of aliphatic imine (C=N–C) groups is 1. The van der Waals surface area contributed by atoms with Gasteiger partial charge in [0.1, 0.15) is 5.54 Å². The number of hydrogen-bond acceptors (Lipinski definition) is 3. The van der Waals surface area contributed by atoms with E-state index in [9.17, 15) is 25.5 Å². The SMILES string of the molecule is O=S(=O)(F)CCC1(c2ccc(C(F)(F)F)cc2)C=CC=N1. The van der Waals surface area contributed by atoms with Crippen LogP contribution in [0.25, 0.3) is 0 Å². The second kappa shape index (κ2) is 5.25. The predicted molar refractivity (Wildman–Crippen MR) is 70.3 cm³/mol. The Labute approximate surface area is 119 Å². The summed E-state index contributed by atoms with van der Waals surface area (Å²) in [4.78, 5) is 4.08. The van der Waals surface area contributed by atoms with Gasteiger partial charge in [-0.1, -0.05) is 18.2 Å². The van der Waals surface area contributed by atoms with Crippen LogP contribution in [0.2, 0.25) is 0 Å². The first-order valence-corrected chi connectivity index (χ1v) is 7.51. The van der Waals surface area contributed by atoms with Crippen LogP contribution in [0.5, 0.6) is 0 Å². The van der Waals surface area contributed by atoms with Crippen molar-refractivity contribution in [3.8, 4) is 0 Å². The lowest BCUT2D eigenvalue weighted by atomic mass is 9.88. The Morgan fingerprint density at radius 1 is 1.14 bits per heavy atom. The minimum absolute atomic E-state index is 0.176. The average molecular weight is 321 g/mol. The van der Waals surface area contributed by atoms with Crippen molar-refractivity contribution in [2.75, 3.05) is 5.75 Å². The van der Waals surface area contributed by atoms with Gasteiger partial charge in [0.25, 0.3) is 0 Å². The van der Waals surface area contributed by atoms with Gasteiger partial charge in [-0.05, 0) is 30.2 Å². The fraction of sp³-hybridized carbons (Fsp3) is 0.308. The molecule has 3 nitrogen and oxygen atoms in total. The molecule has 1 aliphatic rings. The van der Waals surface area contributed by atoms with E-state index < -0.39 is 33.3 Å². The molecule has 1 heterocycles. The monoisotopic (exact) mass is 321 g/mol. The molecule has 8 heteroatoms. The van der Waals surface area contributed by atoms with Crippen LogP contribution in [-0.4, -0.2) is 20.4 Å². The van der Waals surface area contributed by atoms with Crippen molar-refractivity contribution in [3.05, 3.63) is 47.5 Å². The molecule has 0 saturated heterocycles. The average Bonchev–Trinajstić information content (AvgIpc) is 2.85. The zero-order valence-electron chi connectivity index (χ0n) is 10.6. The number of allylic oxidation sites excluding steroid dienone is 1. The molecule has 0 fully saturated rings. The highest BCUT2D eigenvalue weighted by Gasteiger charge is 2.34. The molecular formula is C13H11F4NO2S. The highest BCUT2D eigenvalue weighted by molar-refractivity contribution is 7.86. The van der Waals surface area contributed by atoms with E-state index in [0.29, 0.717) is 5.56 Å². The van der Waals surface area contributed by atoms with Gasteiger partial charge in [-0.15, -0.1) is 3.89 Å². The summed E-state index contributed by atoms with van der Waals surface area (Å²) >= 11 is 0. The zero-order valence-corrected chi connectivity index (χ0v) is 11.5. The highest BCUT2D eigenvalue weighted by Crippen LogP contribution is 2.36. The summed E-state index contributed by atoms with van der Waals surface area (Å²) < 4.78 is 71.6. The third-order valence-corrected chi connectivity index (χ3v) is 3.89. The first-order valence-electron chi connectivity index (χ1n) is 5.96. The zero-order chi connectivity index (χ0) is 15.7. The van der Waals surface area contributed by atoms with Crippen LogP contribution in [0.15, 0.2) is 41.4 Å². The van der Waals surface area contributed by atoms with Gasteiger partial charge >= 0.3 is 16.4 Å². The minimum Gasteiger partial charge on any atom is -0.278 e. The molecule has 0 amide bonds. The maximum absolute atomic E-state index is 12.7. The maximum Gasteiger partial charge on any atom is 0.416 e. The summed E-state index contributed by atoms with van der Waals surface area (Å²) in [5, 5.41) is 0. The predicted octanol–water partition coefficient (Wildman–Crippen LogP) is 3.23. The van der Waals surface area contributed by atoms with E-state index in [4.69, 9.17) is 0 Å². The van der Waals surface area contributed by atoms with Gasteiger partial charge in [0.05, 0.1) is 11.3 Å². The van der Waals surface area contributed by atoms with Gasteiger partial charge in [0, 0.05) is 6.21 Å². The number of hydrogen-bond donors (Lipinski definition) is 0. The van der Waals surface area contributed by atoms with Crippen LogP contribution >= 0.6 is 0 Å². The standard InChI is InChI=1S/C13H11F4NO2S/c14-13(15,16)11-4-2-10(3-5-11)12(6-1-8-18-12)7-9-21(17,19)20/h1-6,8H,7,9H2. The van der Waals surface area contributed by atoms with E-state index in [2.05, 4.69) is 4.99 Å². The quantitative estimate of drug-likeness (QED) is 0.631. The molecule has 1 aliphatic heterocycles. The third kappa shape index (κ3) is 3.69. The lowest BCUT2D eigenvalue weighted by molar-refractivity contribution is -0.137. The van der Waals surface area contributed by atoms with E-state index in [1.807, 2.05) is 0 Å². The molecule has 1 unspecified atom stereocenters. The molecule has 1 aromatic rings. The molecule has 0 N–H and O–H groups in total. The largest absolute Gasteiger partial charge is 0.416 e. The fourth-order valence-electron chi connectivity index (χ4n) is 2.11. The summed E-state index contributed by atoms with van der Waals surface area (Å²) in [5.41, 5.74) is -1.57. The normalized spacial score (nSPS) is 21.9. The topological polar surface area (TPSA) is 46.5 Å². The maximum atomic E-state index is 12.7. The molecule has 0 bridgehead atoms. The van der Waals surface area contributed by atoms with Crippen molar-refractivity contribution in [2.24, 2.45) is 4.99 Å². The van der Waals surface area contributed by atoms with Crippen LogP contribution in [0.1, 0.15) is 17.5 Å². The smallest absolute Gasteiger partial charge is 0.278 e. The lowest BCUT2D eigenvalue weighted by Gasteiger charge is -2.24. The Morgan fingerprint density at radius 2 is 1.76 bits per heavy atom. The summed E-state index contributed by atoms with van der Waals surface area (Å²) in [7, 11) is -4.68. The Morgan fingerprint density at radius 3 is 2.19 bits per heavy atom. The first-order chi connectivity index (χ1) is 9.62. The molecule has 0 aromatic heterocycles. The summed E-state index contributed by atoms with van der Waals surface area (Å²) in [6.07, 6.45) is -0.140. The number of rotatable bonds is 4. The Kier molecular flexibility index (Phi) is 3.92. The number of benzene rings is 1. The molecule has 2 rings (SSSR count). The molecule has 0 saturated carbocycles. The van der Waals surface area contributed by atoms with Gasteiger partial charge in [0.15, 0.2) is 0 Å². The van der Waals surface area contributed by atoms with Crippen LogP contribution in [-0.2, 0) is 21.9 Å². The molecule has 1 aromatic carbocycles. The number of nitrogens with zero attached hydrogens (tertiary/aromatic N) is 1. The second-order valence-corrected chi connectivity index (χ2v) is 6.12.